The fourth-order valence-electron chi connectivity index (χ4n) is 1.54. The van der Waals surface area contributed by atoms with Gasteiger partial charge in [-0.25, -0.2) is 13.1 Å². The molecular formula is C12H20N2O2S2. The normalized spacial score (nSPS) is 17.9. The molecule has 1 saturated carbocycles. The second-order valence-electron chi connectivity index (χ2n) is 4.83. The molecule has 1 aliphatic rings. The molecule has 1 fully saturated rings. The molecule has 1 heterocycles. The van der Waals surface area contributed by atoms with Gasteiger partial charge in [0.1, 0.15) is 0 Å². The monoisotopic (exact) mass is 288 g/mol. The minimum atomic E-state index is -3.34. The van der Waals surface area contributed by atoms with Crippen LogP contribution in [0.5, 0.6) is 0 Å². The topological polar surface area (TPSA) is 58.2 Å². The van der Waals surface area contributed by atoms with Gasteiger partial charge in [-0.3, -0.25) is 0 Å². The van der Waals surface area contributed by atoms with E-state index in [1.807, 2.05) is 13.8 Å². The molecule has 2 rings (SSSR count). The van der Waals surface area contributed by atoms with E-state index < -0.39 is 10.0 Å². The van der Waals surface area contributed by atoms with Crippen LogP contribution in [0.25, 0.3) is 0 Å². The van der Waals surface area contributed by atoms with Crippen molar-refractivity contribution in [1.82, 2.24) is 10.0 Å². The maximum Gasteiger partial charge on any atom is 0.241 e. The molecule has 4 nitrogen and oxygen atoms in total. The standard InChI is InChI=1S/C12H20N2O2S2/c1-3-9(2)14-18(15,16)12-6-11(17-8-12)7-13-10-4-5-10/h6,8-10,13-14H,3-5,7H2,1-2H3. The summed E-state index contributed by atoms with van der Waals surface area (Å²) in [6.45, 7) is 4.61. The lowest BCUT2D eigenvalue weighted by Crippen LogP contribution is -2.31. The first kappa shape index (κ1) is 14.0. The van der Waals surface area contributed by atoms with E-state index >= 15 is 0 Å². The van der Waals surface area contributed by atoms with Gasteiger partial charge in [0.15, 0.2) is 0 Å². The molecule has 0 saturated heterocycles. The van der Waals surface area contributed by atoms with Crippen molar-refractivity contribution in [3.63, 3.8) is 0 Å². The van der Waals surface area contributed by atoms with Crippen molar-refractivity contribution < 1.29 is 8.42 Å². The van der Waals surface area contributed by atoms with Crippen molar-refractivity contribution >= 4 is 21.4 Å². The average molecular weight is 288 g/mol. The van der Waals surface area contributed by atoms with E-state index in [1.165, 1.54) is 24.2 Å². The highest BCUT2D eigenvalue weighted by Crippen LogP contribution is 2.23. The molecule has 0 spiro atoms. The molecule has 0 amide bonds. The fraction of sp³-hybridized carbons (Fsp3) is 0.667. The molecule has 0 bridgehead atoms. The van der Waals surface area contributed by atoms with Gasteiger partial charge in [0, 0.05) is 28.9 Å². The number of thiophene rings is 1. The van der Waals surface area contributed by atoms with Crippen LogP contribution in [0.1, 0.15) is 38.0 Å². The zero-order chi connectivity index (χ0) is 13.2. The molecule has 0 aromatic carbocycles. The molecule has 1 unspecified atom stereocenters. The van der Waals surface area contributed by atoms with Gasteiger partial charge in [0.2, 0.25) is 10.0 Å². The summed E-state index contributed by atoms with van der Waals surface area (Å²) in [5.74, 6) is 0. The third kappa shape index (κ3) is 3.78. The Morgan fingerprint density at radius 3 is 2.83 bits per heavy atom. The maximum atomic E-state index is 12.0. The Labute approximate surface area is 113 Å². The summed E-state index contributed by atoms with van der Waals surface area (Å²) in [5, 5.41) is 5.10. The van der Waals surface area contributed by atoms with Crippen molar-refractivity contribution in [3.05, 3.63) is 16.3 Å². The second kappa shape index (κ2) is 5.69. The summed E-state index contributed by atoms with van der Waals surface area (Å²) >= 11 is 1.50. The molecule has 18 heavy (non-hydrogen) atoms. The van der Waals surface area contributed by atoms with Crippen molar-refractivity contribution in [2.24, 2.45) is 0 Å². The van der Waals surface area contributed by atoms with Crippen LogP contribution in [0.4, 0.5) is 0 Å². The number of hydrogen-bond acceptors (Lipinski definition) is 4. The minimum Gasteiger partial charge on any atom is -0.309 e. The Kier molecular flexibility index (Phi) is 4.42. The van der Waals surface area contributed by atoms with Gasteiger partial charge in [-0.1, -0.05) is 6.92 Å². The third-order valence-corrected chi connectivity index (χ3v) is 5.71. The summed E-state index contributed by atoms with van der Waals surface area (Å²) in [6.07, 6.45) is 3.28. The highest BCUT2D eigenvalue weighted by Gasteiger charge is 2.21. The van der Waals surface area contributed by atoms with Crippen molar-refractivity contribution in [1.29, 1.82) is 0 Å². The lowest BCUT2D eigenvalue weighted by Gasteiger charge is -2.10. The van der Waals surface area contributed by atoms with Crippen LogP contribution >= 0.6 is 11.3 Å². The van der Waals surface area contributed by atoms with E-state index in [2.05, 4.69) is 10.0 Å². The van der Waals surface area contributed by atoms with E-state index in [4.69, 9.17) is 0 Å². The lowest BCUT2D eigenvalue weighted by atomic mass is 10.3. The van der Waals surface area contributed by atoms with Crippen LogP contribution in [0.15, 0.2) is 16.3 Å². The summed E-state index contributed by atoms with van der Waals surface area (Å²) in [5.41, 5.74) is 0. The highest BCUT2D eigenvalue weighted by molar-refractivity contribution is 7.89. The van der Waals surface area contributed by atoms with Crippen molar-refractivity contribution in [2.75, 3.05) is 0 Å². The van der Waals surface area contributed by atoms with E-state index in [9.17, 15) is 8.42 Å². The first-order valence-electron chi connectivity index (χ1n) is 6.34. The van der Waals surface area contributed by atoms with Crippen molar-refractivity contribution in [2.45, 2.75) is 56.6 Å². The summed E-state index contributed by atoms with van der Waals surface area (Å²) in [6, 6.07) is 2.39. The molecule has 0 aliphatic heterocycles. The van der Waals surface area contributed by atoms with E-state index in [0.29, 0.717) is 10.9 Å². The van der Waals surface area contributed by atoms with Gasteiger partial charge in [-0.05, 0) is 32.3 Å². The molecular weight excluding hydrogens is 268 g/mol. The molecule has 1 aromatic heterocycles. The maximum absolute atomic E-state index is 12.0. The highest BCUT2D eigenvalue weighted by atomic mass is 32.2. The summed E-state index contributed by atoms with van der Waals surface area (Å²) in [4.78, 5) is 1.46. The number of rotatable bonds is 7. The Morgan fingerprint density at radius 2 is 2.22 bits per heavy atom. The van der Waals surface area contributed by atoms with Crippen LogP contribution < -0.4 is 10.0 Å². The molecule has 6 heteroatoms. The average Bonchev–Trinajstić information content (AvgIpc) is 3.02. The second-order valence-corrected chi connectivity index (χ2v) is 7.54. The van der Waals surface area contributed by atoms with Gasteiger partial charge >= 0.3 is 0 Å². The van der Waals surface area contributed by atoms with E-state index in [0.717, 1.165) is 17.8 Å². The Balaban J connectivity index is 1.98. The van der Waals surface area contributed by atoms with Crippen LogP contribution in [0.3, 0.4) is 0 Å². The van der Waals surface area contributed by atoms with Gasteiger partial charge < -0.3 is 5.32 Å². The molecule has 1 atom stereocenters. The lowest BCUT2D eigenvalue weighted by molar-refractivity contribution is 0.556. The fourth-order valence-corrected chi connectivity index (χ4v) is 4.10. The molecule has 1 aliphatic carbocycles. The van der Waals surface area contributed by atoms with Gasteiger partial charge in [0.05, 0.1) is 4.90 Å². The first-order valence-corrected chi connectivity index (χ1v) is 8.70. The Morgan fingerprint density at radius 1 is 1.50 bits per heavy atom. The largest absolute Gasteiger partial charge is 0.309 e. The predicted molar refractivity (Wildman–Crippen MR) is 74.3 cm³/mol. The molecule has 0 radical (unpaired) electrons. The SMILES string of the molecule is CCC(C)NS(=O)(=O)c1csc(CNC2CC2)c1. The number of sulfonamides is 1. The Hall–Kier alpha value is -0.430. The van der Waals surface area contributed by atoms with Crippen LogP contribution in [0, 0.1) is 0 Å². The summed E-state index contributed by atoms with van der Waals surface area (Å²) < 4.78 is 26.8. The minimum absolute atomic E-state index is 0.0251. The van der Waals surface area contributed by atoms with Crippen LogP contribution in [-0.2, 0) is 16.6 Å². The van der Waals surface area contributed by atoms with E-state index in [1.54, 1.807) is 11.4 Å². The molecule has 2 N–H and O–H groups in total. The quantitative estimate of drug-likeness (QED) is 0.807. The van der Waals surface area contributed by atoms with Crippen LogP contribution in [0.2, 0.25) is 0 Å². The zero-order valence-corrected chi connectivity index (χ0v) is 12.4. The van der Waals surface area contributed by atoms with Gasteiger partial charge in [0.25, 0.3) is 0 Å². The van der Waals surface area contributed by atoms with Gasteiger partial charge in [-0.15, -0.1) is 11.3 Å². The predicted octanol–water partition coefficient (Wildman–Crippen LogP) is 2.08. The smallest absolute Gasteiger partial charge is 0.241 e. The first-order chi connectivity index (χ1) is 8.51. The van der Waals surface area contributed by atoms with Crippen LogP contribution in [-0.4, -0.2) is 20.5 Å². The van der Waals surface area contributed by atoms with Crippen molar-refractivity contribution in [3.8, 4) is 0 Å². The summed E-state index contributed by atoms with van der Waals surface area (Å²) in [7, 11) is -3.34. The van der Waals surface area contributed by atoms with E-state index in [-0.39, 0.29) is 6.04 Å². The number of hydrogen-bond donors (Lipinski definition) is 2. The molecule has 102 valence electrons. The Bertz CT molecular complexity index is 492. The van der Waals surface area contributed by atoms with Gasteiger partial charge in [-0.2, -0.15) is 0 Å². The third-order valence-electron chi connectivity index (χ3n) is 3.05. The molecule has 1 aromatic rings. The number of nitrogens with one attached hydrogen (secondary N) is 2. The zero-order valence-electron chi connectivity index (χ0n) is 10.8.